The largest absolute Gasteiger partial charge is 0.339 e. The highest BCUT2D eigenvalue weighted by Crippen LogP contribution is 2.35. The number of hydrogen-bond acceptors (Lipinski definition) is 8. The molecule has 0 saturated carbocycles. The van der Waals surface area contributed by atoms with Crippen LogP contribution in [0, 0.1) is 0 Å². The maximum atomic E-state index is 12.4. The number of nitrogens with zero attached hydrogens (tertiary/aromatic N) is 5. The number of halogens is 1. The summed E-state index contributed by atoms with van der Waals surface area (Å²) >= 11 is 6.85. The van der Waals surface area contributed by atoms with Crippen molar-refractivity contribution in [3.8, 4) is 11.5 Å². The monoisotopic (exact) mass is 383 g/mol. The lowest BCUT2D eigenvalue weighted by molar-refractivity contribution is 0.217. The lowest BCUT2D eigenvalue weighted by atomic mass is 10.0. The fourth-order valence-corrected chi connectivity index (χ4v) is 5.44. The van der Waals surface area contributed by atoms with E-state index in [4.69, 9.17) is 16.1 Å². The van der Waals surface area contributed by atoms with E-state index >= 15 is 0 Å². The predicted octanol–water partition coefficient (Wildman–Crippen LogP) is 2.03. The van der Waals surface area contributed by atoms with E-state index in [1.165, 1.54) is 22.8 Å². The fourth-order valence-electron chi connectivity index (χ4n) is 2.27. The third-order valence-corrected chi connectivity index (χ3v) is 7.10. The molecule has 0 bridgehead atoms. The van der Waals surface area contributed by atoms with Crippen LogP contribution in [0.4, 0.5) is 0 Å². The first-order valence-corrected chi connectivity index (χ1v) is 9.53. The van der Waals surface area contributed by atoms with Gasteiger partial charge in [-0.3, -0.25) is 4.98 Å². The second-order valence-corrected chi connectivity index (χ2v) is 9.00. The average Bonchev–Trinajstić information content (AvgIpc) is 3.16. The maximum Gasteiger partial charge on any atom is 0.252 e. The van der Waals surface area contributed by atoms with E-state index < -0.39 is 10.0 Å². The van der Waals surface area contributed by atoms with E-state index in [1.54, 1.807) is 12.3 Å². The molecule has 4 rings (SSSR count). The number of aromatic nitrogens is 4. The van der Waals surface area contributed by atoms with Gasteiger partial charge in [0, 0.05) is 25.5 Å². The number of rotatable bonds is 4. The molecule has 1 aliphatic heterocycles. The van der Waals surface area contributed by atoms with Gasteiger partial charge in [-0.25, -0.2) is 13.4 Å². The van der Waals surface area contributed by atoms with Crippen molar-refractivity contribution in [2.24, 2.45) is 0 Å². The quantitative estimate of drug-likeness (QED) is 0.679. The van der Waals surface area contributed by atoms with Crippen LogP contribution in [0.15, 0.2) is 39.5 Å². The molecule has 0 unspecified atom stereocenters. The van der Waals surface area contributed by atoms with Gasteiger partial charge in [-0.05, 0) is 12.1 Å². The third kappa shape index (κ3) is 2.71. The van der Waals surface area contributed by atoms with Crippen LogP contribution in [0.1, 0.15) is 11.8 Å². The summed E-state index contributed by atoms with van der Waals surface area (Å²) in [6.07, 6.45) is 4.62. The molecule has 0 spiro atoms. The minimum atomic E-state index is -3.51. The van der Waals surface area contributed by atoms with Gasteiger partial charge in [0.25, 0.3) is 10.0 Å². The fraction of sp³-hybridized carbons (Fsp3) is 0.231. The lowest BCUT2D eigenvalue weighted by Crippen LogP contribution is -2.48. The molecule has 1 fully saturated rings. The Labute approximate surface area is 146 Å². The van der Waals surface area contributed by atoms with Crippen molar-refractivity contribution < 1.29 is 12.9 Å². The minimum Gasteiger partial charge on any atom is -0.339 e. The molecule has 1 aliphatic rings. The van der Waals surface area contributed by atoms with Gasteiger partial charge in [-0.15, -0.1) is 11.3 Å². The van der Waals surface area contributed by atoms with Crippen LogP contribution in [-0.4, -0.2) is 45.9 Å². The smallest absolute Gasteiger partial charge is 0.252 e. The summed E-state index contributed by atoms with van der Waals surface area (Å²) < 4.78 is 32.1. The molecular formula is C13H10ClN5O3S2. The Hall–Kier alpha value is -1.88. The molecule has 4 heterocycles. The van der Waals surface area contributed by atoms with Crippen molar-refractivity contribution >= 4 is 33.0 Å². The van der Waals surface area contributed by atoms with E-state index in [0.717, 1.165) is 11.3 Å². The standard InChI is InChI=1S/C13H10ClN5O3S2/c14-10-1-2-11(23-10)24(20,21)19-6-8(7-19)13-17-12(18-22-13)9-5-15-3-4-16-9/h1-5,8H,6-7H2. The van der Waals surface area contributed by atoms with Gasteiger partial charge < -0.3 is 4.52 Å². The molecule has 24 heavy (non-hydrogen) atoms. The highest BCUT2D eigenvalue weighted by Gasteiger charge is 2.41. The number of sulfonamides is 1. The molecule has 3 aromatic heterocycles. The molecule has 0 N–H and O–H groups in total. The third-order valence-electron chi connectivity index (χ3n) is 3.57. The first-order chi connectivity index (χ1) is 11.5. The van der Waals surface area contributed by atoms with Gasteiger partial charge in [-0.2, -0.15) is 9.29 Å². The molecule has 0 aromatic carbocycles. The van der Waals surface area contributed by atoms with Gasteiger partial charge in [0.15, 0.2) is 0 Å². The van der Waals surface area contributed by atoms with Gasteiger partial charge in [0.1, 0.15) is 9.90 Å². The van der Waals surface area contributed by atoms with Crippen LogP contribution < -0.4 is 0 Å². The van der Waals surface area contributed by atoms with Gasteiger partial charge in [-0.1, -0.05) is 16.8 Å². The molecule has 8 nitrogen and oxygen atoms in total. The predicted molar refractivity (Wildman–Crippen MR) is 86.2 cm³/mol. The zero-order chi connectivity index (χ0) is 16.7. The Bertz CT molecular complexity index is 966. The zero-order valence-corrected chi connectivity index (χ0v) is 14.4. The Kier molecular flexibility index (Phi) is 3.83. The summed E-state index contributed by atoms with van der Waals surface area (Å²) in [5.41, 5.74) is 0.504. The first-order valence-electron chi connectivity index (χ1n) is 6.89. The summed E-state index contributed by atoms with van der Waals surface area (Å²) in [6.45, 7) is 0.583. The van der Waals surface area contributed by atoms with E-state index in [2.05, 4.69) is 20.1 Å². The SMILES string of the molecule is O=S(=O)(c1ccc(Cl)s1)N1CC(c2nc(-c3cnccn3)no2)C1. The van der Waals surface area contributed by atoms with Crippen LogP contribution in [0.5, 0.6) is 0 Å². The highest BCUT2D eigenvalue weighted by atomic mass is 35.5. The summed E-state index contributed by atoms with van der Waals surface area (Å²) in [5, 5.41) is 3.87. The molecule has 0 amide bonds. The van der Waals surface area contributed by atoms with Crippen LogP contribution >= 0.6 is 22.9 Å². The summed E-state index contributed by atoms with van der Waals surface area (Å²) in [4.78, 5) is 12.3. The van der Waals surface area contributed by atoms with E-state index in [1.807, 2.05) is 0 Å². The highest BCUT2D eigenvalue weighted by molar-refractivity contribution is 7.91. The lowest BCUT2D eigenvalue weighted by Gasteiger charge is -2.35. The van der Waals surface area contributed by atoms with Gasteiger partial charge in [0.2, 0.25) is 11.7 Å². The molecule has 124 valence electrons. The second kappa shape index (κ2) is 5.88. The molecule has 11 heteroatoms. The average molecular weight is 384 g/mol. The topological polar surface area (TPSA) is 102 Å². The van der Waals surface area contributed by atoms with Crippen molar-refractivity contribution in [1.82, 2.24) is 24.4 Å². The Balaban J connectivity index is 1.47. The molecule has 3 aromatic rings. The van der Waals surface area contributed by atoms with Crippen LogP contribution in [0.3, 0.4) is 0 Å². The van der Waals surface area contributed by atoms with E-state index in [-0.39, 0.29) is 10.1 Å². The van der Waals surface area contributed by atoms with Crippen LogP contribution in [0.2, 0.25) is 4.34 Å². The van der Waals surface area contributed by atoms with Crippen LogP contribution in [0.25, 0.3) is 11.5 Å². The van der Waals surface area contributed by atoms with Gasteiger partial charge in [0.05, 0.1) is 16.5 Å². The van der Waals surface area contributed by atoms with Crippen molar-refractivity contribution in [3.63, 3.8) is 0 Å². The second-order valence-electron chi connectivity index (χ2n) is 5.12. The summed E-state index contributed by atoms with van der Waals surface area (Å²) in [6, 6.07) is 3.08. The molecule has 0 radical (unpaired) electrons. The molecule has 0 aliphatic carbocycles. The van der Waals surface area contributed by atoms with Crippen molar-refractivity contribution in [1.29, 1.82) is 0 Å². The minimum absolute atomic E-state index is 0.131. The normalized spacial score (nSPS) is 16.2. The molecular weight excluding hydrogens is 374 g/mol. The number of thiophene rings is 1. The Morgan fingerprint density at radius 3 is 2.79 bits per heavy atom. The number of hydrogen-bond donors (Lipinski definition) is 0. The summed E-state index contributed by atoms with van der Waals surface area (Å²) in [7, 11) is -3.51. The van der Waals surface area contributed by atoms with Crippen molar-refractivity contribution in [2.45, 2.75) is 10.1 Å². The zero-order valence-electron chi connectivity index (χ0n) is 12.0. The van der Waals surface area contributed by atoms with Crippen molar-refractivity contribution in [3.05, 3.63) is 41.0 Å². The van der Waals surface area contributed by atoms with E-state index in [0.29, 0.717) is 34.8 Å². The van der Waals surface area contributed by atoms with Crippen LogP contribution in [-0.2, 0) is 10.0 Å². The Morgan fingerprint density at radius 2 is 2.12 bits per heavy atom. The Morgan fingerprint density at radius 1 is 1.29 bits per heavy atom. The molecule has 1 saturated heterocycles. The van der Waals surface area contributed by atoms with Gasteiger partial charge >= 0.3 is 0 Å². The van der Waals surface area contributed by atoms with E-state index in [9.17, 15) is 8.42 Å². The maximum absolute atomic E-state index is 12.4. The first kappa shape index (κ1) is 15.6. The van der Waals surface area contributed by atoms with Crippen molar-refractivity contribution in [2.75, 3.05) is 13.1 Å². The summed E-state index contributed by atoms with van der Waals surface area (Å²) in [5.74, 6) is 0.601. The molecule has 0 atom stereocenters.